The van der Waals surface area contributed by atoms with Crippen molar-refractivity contribution in [3.63, 3.8) is 0 Å². The van der Waals surface area contributed by atoms with Crippen LogP contribution in [0, 0.1) is 0 Å². The number of carbonyl (C=O) groups excluding carboxylic acids is 2. The van der Waals surface area contributed by atoms with Crippen molar-refractivity contribution in [2.24, 2.45) is 0 Å². The summed E-state index contributed by atoms with van der Waals surface area (Å²) < 4.78 is 166. The van der Waals surface area contributed by atoms with Gasteiger partial charge in [0.05, 0.1) is 43.9 Å². The first-order valence-corrected chi connectivity index (χ1v) is 18.9. The Labute approximate surface area is 322 Å². The molecule has 0 aliphatic carbocycles. The molecule has 0 heterocycles. The number of alkyl halides is 6. The van der Waals surface area contributed by atoms with E-state index in [-0.39, 0.29) is 58.1 Å². The smallest absolute Gasteiger partial charge is 0.289 e. The van der Waals surface area contributed by atoms with Gasteiger partial charge in [-0.25, -0.2) is 10.5 Å². The molecule has 55 heavy (non-hydrogen) atoms. The molecule has 0 atom stereocenters. The number of benzene rings is 4. The van der Waals surface area contributed by atoms with E-state index in [2.05, 4.69) is 18.7 Å². The standard InChI is InChI=1S/C29H16Cl2F6O14S4/c30-23-3-1-15(9-21(23)25(38)13-5-17(52-50-48-40)11-19(7-13)54(42,43)44)27(28(32,33)34,29(35,36)37)16-2-4-24(31)22(10-16)26(39)14-6-18(53-51-49-41)12-20(8-14)55(45,46)47/h1-12,40-41H,(H,42,43,44)(H,45,46,47). The Hall–Kier alpha value is -3.34. The van der Waals surface area contributed by atoms with E-state index in [0.29, 0.717) is 36.4 Å². The van der Waals surface area contributed by atoms with Gasteiger partial charge in [-0.2, -0.15) is 43.2 Å². The van der Waals surface area contributed by atoms with Crippen molar-refractivity contribution in [3.05, 3.63) is 116 Å². The summed E-state index contributed by atoms with van der Waals surface area (Å²) >= 11 is 12.3. The third-order valence-corrected chi connectivity index (χ3v) is 10.8. The predicted octanol–water partition coefficient (Wildman–Crippen LogP) is 8.22. The summed E-state index contributed by atoms with van der Waals surface area (Å²) in [6.07, 6.45) is -12.7. The van der Waals surface area contributed by atoms with E-state index in [1.54, 1.807) is 0 Å². The molecule has 0 radical (unpaired) electrons. The van der Waals surface area contributed by atoms with Crippen molar-refractivity contribution in [3.8, 4) is 0 Å². The second-order valence-corrected chi connectivity index (χ2v) is 15.8. The molecule has 0 aliphatic heterocycles. The molecule has 0 fully saturated rings. The molecule has 296 valence electrons. The molecule has 0 amide bonds. The number of carbonyl (C=O) groups is 2. The van der Waals surface area contributed by atoms with Gasteiger partial charge in [0.2, 0.25) is 5.41 Å². The van der Waals surface area contributed by atoms with Crippen molar-refractivity contribution < 1.29 is 91.1 Å². The molecule has 0 aliphatic rings. The van der Waals surface area contributed by atoms with E-state index in [1.807, 2.05) is 0 Å². The Kier molecular flexibility index (Phi) is 13.4. The van der Waals surface area contributed by atoms with E-state index < -0.39 is 103 Å². The van der Waals surface area contributed by atoms with Crippen LogP contribution in [0.1, 0.15) is 43.0 Å². The average Bonchev–Trinajstić information content (AvgIpc) is 3.08. The molecular formula is C29H16Cl2F6O14S4. The number of hydrogen-bond donors (Lipinski definition) is 4. The molecule has 14 nitrogen and oxygen atoms in total. The van der Waals surface area contributed by atoms with Gasteiger partial charge in [0.1, 0.15) is 0 Å². The van der Waals surface area contributed by atoms with Crippen LogP contribution < -0.4 is 0 Å². The van der Waals surface area contributed by atoms with Crippen LogP contribution in [-0.4, -0.2) is 60.4 Å². The monoisotopic (exact) mass is 900 g/mol. The largest absolute Gasteiger partial charge is 0.411 e. The lowest BCUT2D eigenvalue weighted by atomic mass is 9.71. The minimum Gasteiger partial charge on any atom is -0.289 e. The molecule has 0 aromatic heterocycles. The highest BCUT2D eigenvalue weighted by molar-refractivity contribution is 7.94. The fourth-order valence-corrected chi connectivity index (χ4v) is 7.64. The van der Waals surface area contributed by atoms with Crippen LogP contribution in [0.3, 0.4) is 0 Å². The van der Waals surface area contributed by atoms with Crippen molar-refractivity contribution in [2.45, 2.75) is 37.3 Å². The van der Waals surface area contributed by atoms with Crippen LogP contribution in [0.15, 0.2) is 92.4 Å². The van der Waals surface area contributed by atoms with E-state index in [1.165, 1.54) is 0 Å². The maximum absolute atomic E-state index is 15.2. The summed E-state index contributed by atoms with van der Waals surface area (Å²) in [5.41, 5.74) is -12.1. The maximum Gasteiger partial charge on any atom is 0.411 e. The Balaban J connectivity index is 1.99. The van der Waals surface area contributed by atoms with Gasteiger partial charge in [-0.15, -0.1) is 8.67 Å². The predicted molar refractivity (Wildman–Crippen MR) is 176 cm³/mol. The Morgan fingerprint density at radius 3 is 1.22 bits per heavy atom. The Morgan fingerprint density at radius 1 is 0.582 bits per heavy atom. The highest BCUT2D eigenvalue weighted by Crippen LogP contribution is 2.57. The summed E-state index contributed by atoms with van der Waals surface area (Å²) in [7, 11) is -10.2. The van der Waals surface area contributed by atoms with Crippen molar-refractivity contribution in [1.29, 1.82) is 0 Å². The van der Waals surface area contributed by atoms with Gasteiger partial charge in [0, 0.05) is 32.0 Å². The van der Waals surface area contributed by atoms with Crippen LogP contribution in [0.5, 0.6) is 0 Å². The first-order valence-electron chi connectivity index (χ1n) is 13.7. The molecule has 0 spiro atoms. The minimum atomic E-state index is -6.35. The highest BCUT2D eigenvalue weighted by atomic mass is 35.5. The second kappa shape index (κ2) is 16.6. The topological polar surface area (TPSA) is 220 Å². The van der Waals surface area contributed by atoms with Crippen LogP contribution in [-0.2, 0) is 44.4 Å². The molecule has 4 aromatic rings. The maximum atomic E-state index is 15.2. The Morgan fingerprint density at radius 2 is 0.927 bits per heavy atom. The Bertz CT molecular complexity index is 2210. The highest BCUT2D eigenvalue weighted by Gasteiger charge is 2.72. The molecule has 0 bridgehead atoms. The third kappa shape index (κ3) is 9.45. The third-order valence-electron chi connectivity index (χ3n) is 7.34. The molecular weight excluding hydrogens is 885 g/mol. The SMILES string of the molecule is O=C(c1cc(SOOO)cc(S(=O)(=O)O)c1)c1cc(C(c2ccc(Cl)c(C(=O)c3cc(SOOO)cc(S(=O)(=O)O)c3)c2)(C(F)(F)F)C(F)(F)F)ccc1Cl. The van der Waals surface area contributed by atoms with Crippen molar-refractivity contribution >= 4 is 79.1 Å². The summed E-state index contributed by atoms with van der Waals surface area (Å²) in [6.45, 7) is 0. The van der Waals surface area contributed by atoms with Gasteiger partial charge in [-0.1, -0.05) is 45.4 Å². The van der Waals surface area contributed by atoms with Gasteiger partial charge in [0.25, 0.3) is 20.2 Å². The van der Waals surface area contributed by atoms with E-state index in [0.717, 1.165) is 12.1 Å². The normalized spacial score (nSPS) is 12.9. The second-order valence-electron chi connectivity index (χ2n) is 10.6. The van der Waals surface area contributed by atoms with Crippen LogP contribution >= 0.6 is 47.3 Å². The zero-order chi connectivity index (χ0) is 41.3. The molecule has 4 rings (SSSR count). The lowest BCUT2D eigenvalue weighted by Gasteiger charge is -2.38. The quantitative estimate of drug-likeness (QED) is 0.0234. The lowest BCUT2D eigenvalue weighted by Crippen LogP contribution is -2.55. The van der Waals surface area contributed by atoms with Crippen LogP contribution in [0.25, 0.3) is 0 Å². The summed E-state index contributed by atoms with van der Waals surface area (Å²) in [5, 5.41) is 22.1. The molecule has 4 N–H and O–H groups in total. The number of hydrogen-bond acceptors (Lipinski definition) is 14. The molecule has 0 saturated heterocycles. The van der Waals surface area contributed by atoms with E-state index in [9.17, 15) is 35.5 Å². The van der Waals surface area contributed by atoms with Gasteiger partial charge in [-0.05, 0) is 71.8 Å². The lowest BCUT2D eigenvalue weighted by molar-refractivity contribution is -0.432. The minimum absolute atomic E-state index is 0.0682. The van der Waals surface area contributed by atoms with Crippen molar-refractivity contribution in [2.75, 3.05) is 0 Å². The van der Waals surface area contributed by atoms with Gasteiger partial charge in [-0.3, -0.25) is 18.7 Å². The molecule has 4 aromatic carbocycles. The molecule has 0 unspecified atom stereocenters. The van der Waals surface area contributed by atoms with Gasteiger partial charge in [0.15, 0.2) is 11.6 Å². The summed E-state index contributed by atoms with van der Waals surface area (Å²) in [6, 6.07) is 5.79. The first-order chi connectivity index (χ1) is 25.4. The zero-order valence-electron chi connectivity index (χ0n) is 26.0. The number of halogens is 8. The summed E-state index contributed by atoms with van der Waals surface area (Å²) in [5.74, 6) is -2.95. The zero-order valence-corrected chi connectivity index (χ0v) is 30.7. The summed E-state index contributed by atoms with van der Waals surface area (Å²) in [4.78, 5) is 24.4. The van der Waals surface area contributed by atoms with Gasteiger partial charge < -0.3 is 0 Å². The van der Waals surface area contributed by atoms with E-state index in [4.69, 9.17) is 33.7 Å². The number of ketones is 2. The first kappa shape index (κ1) is 44.4. The van der Waals surface area contributed by atoms with Crippen LogP contribution in [0.4, 0.5) is 26.3 Å². The fraction of sp³-hybridized carbons (Fsp3) is 0.103. The average molecular weight is 902 g/mol. The van der Waals surface area contributed by atoms with E-state index >= 15 is 26.3 Å². The van der Waals surface area contributed by atoms with Crippen LogP contribution in [0.2, 0.25) is 10.0 Å². The van der Waals surface area contributed by atoms with Gasteiger partial charge >= 0.3 is 12.4 Å². The fourth-order valence-electron chi connectivity index (χ4n) is 5.07. The number of rotatable bonds is 14. The van der Waals surface area contributed by atoms with Crippen molar-refractivity contribution in [1.82, 2.24) is 0 Å². The molecule has 0 saturated carbocycles. The molecule has 26 heteroatoms.